The Bertz CT molecular complexity index is 1410. The summed E-state index contributed by atoms with van der Waals surface area (Å²) in [7, 11) is 0. The number of alkyl halides is 3. The van der Waals surface area contributed by atoms with Gasteiger partial charge in [-0.15, -0.1) is 0 Å². The minimum atomic E-state index is -4.30. The Morgan fingerprint density at radius 3 is 2.64 bits per heavy atom. The highest BCUT2D eigenvalue weighted by Gasteiger charge is 2.44. The number of rotatable bonds is 4. The van der Waals surface area contributed by atoms with E-state index in [1.54, 1.807) is 17.3 Å². The van der Waals surface area contributed by atoms with Crippen LogP contribution in [0, 0.1) is 0 Å². The highest BCUT2D eigenvalue weighted by Crippen LogP contribution is 2.38. The fourth-order valence-corrected chi connectivity index (χ4v) is 5.38. The number of aromatic amines is 1. The van der Waals surface area contributed by atoms with Crippen LogP contribution < -0.4 is 5.32 Å². The van der Waals surface area contributed by atoms with Crippen molar-refractivity contribution in [3.63, 3.8) is 0 Å². The van der Waals surface area contributed by atoms with Crippen molar-refractivity contribution in [2.75, 3.05) is 25.0 Å². The molecule has 4 aromatic rings. The molecule has 184 valence electrons. The van der Waals surface area contributed by atoms with E-state index >= 15 is 0 Å². The highest BCUT2D eigenvalue weighted by atomic mass is 19.4. The predicted octanol–water partition coefficient (Wildman–Crippen LogP) is 5.00. The molecule has 0 aliphatic carbocycles. The summed E-state index contributed by atoms with van der Waals surface area (Å²) in [5.74, 6) is -0.232. The number of benzene rings is 2. The first-order valence-electron chi connectivity index (χ1n) is 11.7. The second-order valence-corrected chi connectivity index (χ2v) is 9.32. The molecule has 2 atom stereocenters. The lowest BCUT2D eigenvalue weighted by atomic mass is 9.92. The quantitative estimate of drug-likeness (QED) is 0.420. The van der Waals surface area contributed by atoms with Crippen LogP contribution in [0.25, 0.3) is 22.2 Å². The number of halogens is 3. The van der Waals surface area contributed by atoms with Gasteiger partial charge in [0.15, 0.2) is 0 Å². The molecule has 36 heavy (non-hydrogen) atoms. The monoisotopic (exact) mass is 492 g/mol. The third-order valence-electron chi connectivity index (χ3n) is 6.96. The van der Waals surface area contributed by atoms with Gasteiger partial charge in [-0.25, -0.2) is 4.79 Å². The van der Waals surface area contributed by atoms with E-state index < -0.39 is 18.8 Å². The summed E-state index contributed by atoms with van der Waals surface area (Å²) in [6.07, 6.45) is -0.871. The van der Waals surface area contributed by atoms with Crippen molar-refractivity contribution < 1.29 is 18.0 Å². The number of likely N-dealkylation sites (tertiary alicyclic amines) is 1. The SMILES string of the molecule is O=C1Nc2cc3[nH]nc(-c4cccnc4)c3cc2CN1[C@@H]1CN(CC(F)(F)F)C[C@H]1c1ccccc1. The Morgan fingerprint density at radius 2 is 1.89 bits per heavy atom. The molecule has 2 N–H and O–H groups in total. The molecule has 0 spiro atoms. The first-order chi connectivity index (χ1) is 17.4. The van der Waals surface area contributed by atoms with Crippen molar-refractivity contribution in [2.45, 2.75) is 24.7 Å². The Hall–Kier alpha value is -3.92. The number of carbonyl (C=O) groups is 1. The van der Waals surface area contributed by atoms with Gasteiger partial charge in [0.05, 0.1) is 18.1 Å². The van der Waals surface area contributed by atoms with E-state index in [4.69, 9.17) is 0 Å². The van der Waals surface area contributed by atoms with Crippen molar-refractivity contribution in [2.24, 2.45) is 0 Å². The molecule has 10 heteroatoms. The van der Waals surface area contributed by atoms with Crippen molar-refractivity contribution in [3.05, 3.63) is 78.1 Å². The minimum Gasteiger partial charge on any atom is -0.315 e. The summed E-state index contributed by atoms with van der Waals surface area (Å²) < 4.78 is 39.7. The number of hydrogen-bond acceptors (Lipinski definition) is 4. The second-order valence-electron chi connectivity index (χ2n) is 9.32. The number of carbonyl (C=O) groups excluding carboxylic acids is 1. The van der Waals surface area contributed by atoms with Crippen molar-refractivity contribution in [1.82, 2.24) is 25.0 Å². The second kappa shape index (κ2) is 8.63. The van der Waals surface area contributed by atoms with E-state index in [1.807, 2.05) is 54.6 Å². The Labute approximate surface area is 204 Å². The highest BCUT2D eigenvalue weighted by molar-refractivity contribution is 6.00. The molecule has 2 aliphatic rings. The third-order valence-corrected chi connectivity index (χ3v) is 6.96. The fourth-order valence-electron chi connectivity index (χ4n) is 5.38. The van der Waals surface area contributed by atoms with Crippen LogP contribution in [-0.2, 0) is 6.54 Å². The largest absolute Gasteiger partial charge is 0.401 e. The zero-order valence-electron chi connectivity index (χ0n) is 19.2. The van der Waals surface area contributed by atoms with Gasteiger partial charge in [-0.1, -0.05) is 30.3 Å². The van der Waals surface area contributed by atoms with Crippen molar-refractivity contribution in [1.29, 1.82) is 0 Å². The molecule has 0 saturated carbocycles. The maximum absolute atomic E-state index is 13.2. The van der Waals surface area contributed by atoms with Gasteiger partial charge in [-0.05, 0) is 35.4 Å². The lowest BCUT2D eigenvalue weighted by Crippen LogP contribution is -2.48. The molecule has 2 aromatic heterocycles. The molecule has 0 radical (unpaired) electrons. The summed E-state index contributed by atoms with van der Waals surface area (Å²) in [4.78, 5) is 20.5. The zero-order chi connectivity index (χ0) is 24.9. The Morgan fingerprint density at radius 1 is 1.06 bits per heavy atom. The van der Waals surface area contributed by atoms with Crippen LogP contribution in [0.4, 0.5) is 23.7 Å². The molecule has 6 rings (SSSR count). The van der Waals surface area contributed by atoms with Crippen LogP contribution >= 0.6 is 0 Å². The smallest absolute Gasteiger partial charge is 0.315 e. The Balaban J connectivity index is 1.35. The van der Waals surface area contributed by atoms with Crippen molar-refractivity contribution in [3.8, 4) is 11.3 Å². The van der Waals surface area contributed by atoms with Gasteiger partial charge in [0.2, 0.25) is 0 Å². The van der Waals surface area contributed by atoms with Gasteiger partial charge in [0, 0.05) is 54.6 Å². The lowest BCUT2D eigenvalue weighted by Gasteiger charge is -2.36. The summed E-state index contributed by atoms with van der Waals surface area (Å²) in [5.41, 5.74) is 4.88. The molecule has 4 heterocycles. The Kier molecular flexibility index (Phi) is 5.40. The van der Waals surface area contributed by atoms with Gasteiger partial charge in [-0.2, -0.15) is 18.3 Å². The van der Waals surface area contributed by atoms with E-state index in [9.17, 15) is 18.0 Å². The lowest BCUT2D eigenvalue weighted by molar-refractivity contribution is -0.143. The number of aromatic nitrogens is 3. The average Bonchev–Trinajstić information content (AvgIpc) is 3.46. The van der Waals surface area contributed by atoms with Gasteiger partial charge >= 0.3 is 12.2 Å². The van der Waals surface area contributed by atoms with Gasteiger partial charge < -0.3 is 10.2 Å². The first-order valence-corrected chi connectivity index (χ1v) is 11.7. The molecule has 2 aliphatic heterocycles. The van der Waals surface area contributed by atoms with E-state index in [0.717, 1.165) is 33.3 Å². The molecular formula is C26H23F3N6O. The van der Waals surface area contributed by atoms with Crippen LogP contribution in [-0.4, -0.2) is 62.9 Å². The molecule has 1 saturated heterocycles. The number of pyridine rings is 1. The van der Waals surface area contributed by atoms with E-state index in [0.29, 0.717) is 12.2 Å². The minimum absolute atomic E-state index is 0.150. The van der Waals surface area contributed by atoms with E-state index in [1.165, 1.54) is 4.90 Å². The number of nitrogens with zero attached hydrogens (tertiary/aromatic N) is 4. The fraction of sp³-hybridized carbons (Fsp3) is 0.269. The van der Waals surface area contributed by atoms with Crippen LogP contribution in [0.1, 0.15) is 17.0 Å². The summed E-state index contributed by atoms with van der Waals surface area (Å²) in [5, 5.41) is 11.3. The number of H-pyrrole nitrogens is 1. The van der Waals surface area contributed by atoms with Crippen LogP contribution in [0.3, 0.4) is 0 Å². The number of nitrogens with one attached hydrogen (secondary N) is 2. The van der Waals surface area contributed by atoms with Crippen LogP contribution in [0.15, 0.2) is 67.0 Å². The summed E-state index contributed by atoms with van der Waals surface area (Å²) in [6.45, 7) is -0.320. The maximum atomic E-state index is 13.2. The van der Waals surface area contributed by atoms with Crippen molar-refractivity contribution >= 4 is 22.6 Å². The maximum Gasteiger partial charge on any atom is 0.401 e. The first kappa shape index (κ1) is 22.5. The van der Waals surface area contributed by atoms with Gasteiger partial charge in [-0.3, -0.25) is 15.0 Å². The van der Waals surface area contributed by atoms with Crippen LogP contribution in [0.2, 0.25) is 0 Å². The molecule has 1 fully saturated rings. The number of hydrogen-bond donors (Lipinski definition) is 2. The van der Waals surface area contributed by atoms with E-state index in [-0.39, 0.29) is 25.0 Å². The topological polar surface area (TPSA) is 77.1 Å². The molecular weight excluding hydrogens is 469 g/mol. The number of fused-ring (bicyclic) bond motifs is 2. The van der Waals surface area contributed by atoms with Crippen LogP contribution in [0.5, 0.6) is 0 Å². The summed E-state index contributed by atoms with van der Waals surface area (Å²) >= 11 is 0. The summed E-state index contributed by atoms with van der Waals surface area (Å²) in [6, 6.07) is 16.4. The predicted molar refractivity (Wildman–Crippen MR) is 129 cm³/mol. The van der Waals surface area contributed by atoms with Gasteiger partial charge in [0.25, 0.3) is 0 Å². The molecule has 0 bridgehead atoms. The normalized spacial score (nSPS) is 20.5. The third kappa shape index (κ3) is 4.17. The van der Waals surface area contributed by atoms with Gasteiger partial charge in [0.1, 0.15) is 5.69 Å². The number of anilines is 1. The standard InChI is InChI=1S/C26H23F3N6O/c27-26(28,29)15-34-13-20(16-5-2-1-3-6-16)23(14-34)35-12-18-9-19-22(10-21(18)31-25(35)36)32-33-24(19)17-7-4-8-30-11-17/h1-11,20,23H,12-15H2,(H,31,36)(H,32,33)/t20-,23+/m0/s1. The molecule has 0 unspecified atom stereocenters. The molecule has 2 aromatic carbocycles. The molecule has 2 amide bonds. The molecule has 7 nitrogen and oxygen atoms in total. The average molecular weight is 493 g/mol. The number of amides is 2. The number of urea groups is 1. The zero-order valence-corrected chi connectivity index (χ0v) is 19.2. The van der Waals surface area contributed by atoms with E-state index in [2.05, 4.69) is 20.5 Å².